The molecule has 0 saturated carbocycles. The predicted octanol–water partition coefficient (Wildman–Crippen LogP) is 13.4. The summed E-state index contributed by atoms with van der Waals surface area (Å²) in [6.07, 6.45) is 32.7. The Morgan fingerprint density at radius 3 is 1.18 bits per heavy atom. The van der Waals surface area contributed by atoms with Crippen LogP contribution in [0.1, 0.15) is 95.9 Å². The molecule has 0 saturated heterocycles. The summed E-state index contributed by atoms with van der Waals surface area (Å²) in [5.74, 6) is 1.10. The number of hydrogen-bond acceptors (Lipinski definition) is 0. The molecule has 0 aromatic carbocycles. The van der Waals surface area contributed by atoms with E-state index in [-0.39, 0.29) is 10.8 Å². The summed E-state index contributed by atoms with van der Waals surface area (Å²) in [6, 6.07) is 0. The summed E-state index contributed by atoms with van der Waals surface area (Å²) >= 11 is 0. The van der Waals surface area contributed by atoms with E-state index in [0.29, 0.717) is 11.8 Å². The van der Waals surface area contributed by atoms with E-state index in [1.54, 1.807) is 0 Å². The predicted molar refractivity (Wildman–Crippen MR) is 200 cm³/mol. The molecule has 0 N–H and O–H groups in total. The molecular formula is C44H60. The lowest BCUT2D eigenvalue weighted by atomic mass is 9.67. The van der Waals surface area contributed by atoms with Gasteiger partial charge in [-0.1, -0.05) is 162 Å². The van der Waals surface area contributed by atoms with Gasteiger partial charge in [0.1, 0.15) is 0 Å². The smallest absolute Gasteiger partial charge is 0.00951 e. The molecule has 2 atom stereocenters. The average molecular weight is 589 g/mol. The van der Waals surface area contributed by atoms with Crippen LogP contribution in [-0.4, -0.2) is 0 Å². The van der Waals surface area contributed by atoms with Gasteiger partial charge in [0.15, 0.2) is 0 Å². The molecule has 0 fully saturated rings. The van der Waals surface area contributed by atoms with Crippen molar-refractivity contribution in [2.45, 2.75) is 95.9 Å². The Balaban J connectivity index is 1.95. The van der Waals surface area contributed by atoms with E-state index in [1.165, 1.54) is 55.7 Å². The van der Waals surface area contributed by atoms with Gasteiger partial charge in [0, 0.05) is 0 Å². The zero-order valence-electron chi connectivity index (χ0n) is 30.1. The van der Waals surface area contributed by atoms with E-state index in [1.807, 2.05) is 0 Å². The molecule has 2 rings (SSSR count). The number of hydrogen-bond donors (Lipinski definition) is 0. The Morgan fingerprint density at radius 1 is 0.545 bits per heavy atom. The van der Waals surface area contributed by atoms with Gasteiger partial charge in [-0.2, -0.15) is 0 Å². The maximum Gasteiger partial charge on any atom is -0.00951 e. The molecule has 2 unspecified atom stereocenters. The third kappa shape index (κ3) is 10.7. The van der Waals surface area contributed by atoms with Crippen LogP contribution < -0.4 is 0 Å². The minimum absolute atomic E-state index is 0.178. The van der Waals surface area contributed by atoms with Crippen molar-refractivity contribution >= 4 is 0 Å². The summed E-state index contributed by atoms with van der Waals surface area (Å²) in [6.45, 7) is 35.7. The van der Waals surface area contributed by atoms with Crippen LogP contribution in [0.5, 0.6) is 0 Å². The van der Waals surface area contributed by atoms with Gasteiger partial charge in [-0.05, 0) is 110 Å². The first-order valence-corrected chi connectivity index (χ1v) is 16.3. The molecule has 2 aliphatic rings. The van der Waals surface area contributed by atoms with E-state index >= 15 is 0 Å². The second kappa shape index (κ2) is 16.1. The zero-order chi connectivity index (χ0) is 33.2. The van der Waals surface area contributed by atoms with Gasteiger partial charge < -0.3 is 0 Å². The van der Waals surface area contributed by atoms with E-state index in [4.69, 9.17) is 0 Å². The lowest BCUT2D eigenvalue weighted by Crippen LogP contribution is -2.25. The monoisotopic (exact) mass is 588 g/mol. The molecule has 0 heteroatoms. The fraction of sp³-hybridized carbons (Fsp3) is 0.409. The second-order valence-electron chi connectivity index (χ2n) is 14.5. The van der Waals surface area contributed by atoms with Crippen molar-refractivity contribution in [1.82, 2.24) is 0 Å². The first kappa shape index (κ1) is 36.8. The van der Waals surface area contributed by atoms with Crippen LogP contribution in [0.2, 0.25) is 0 Å². The molecule has 0 amide bonds. The SMILES string of the molecule is C=C1C(C)=C(/C=C/C(C)=C/C=C/C(C)=C/C=C/C=C(C)/C=C/C=C(C)/C=C/C2=C(C)C(=C)C(C)CC2(C)C)C(C)(C)CC1C. The van der Waals surface area contributed by atoms with Gasteiger partial charge in [0.2, 0.25) is 0 Å². The minimum Gasteiger partial charge on any atom is -0.0953 e. The number of allylic oxidation sites excluding steroid dienone is 24. The van der Waals surface area contributed by atoms with Gasteiger partial charge in [-0.15, -0.1) is 0 Å². The lowest BCUT2D eigenvalue weighted by molar-refractivity contribution is 0.344. The normalized spacial score (nSPS) is 24.5. The molecule has 236 valence electrons. The highest BCUT2D eigenvalue weighted by atomic mass is 14.4. The van der Waals surface area contributed by atoms with Crippen LogP contribution in [0, 0.1) is 22.7 Å². The molecule has 0 aromatic rings. The van der Waals surface area contributed by atoms with Crippen molar-refractivity contribution < 1.29 is 0 Å². The van der Waals surface area contributed by atoms with Crippen LogP contribution in [0.3, 0.4) is 0 Å². The van der Waals surface area contributed by atoms with Gasteiger partial charge in [0.05, 0.1) is 0 Å². The molecule has 0 bridgehead atoms. The van der Waals surface area contributed by atoms with Crippen molar-refractivity contribution in [3.63, 3.8) is 0 Å². The average Bonchev–Trinajstić information content (AvgIpc) is 2.92. The van der Waals surface area contributed by atoms with Crippen LogP contribution in [0.4, 0.5) is 0 Å². The first-order valence-electron chi connectivity index (χ1n) is 16.3. The van der Waals surface area contributed by atoms with Crippen LogP contribution in [0.15, 0.2) is 154 Å². The highest BCUT2D eigenvalue weighted by Gasteiger charge is 2.33. The van der Waals surface area contributed by atoms with Crippen molar-refractivity contribution in [2.75, 3.05) is 0 Å². The van der Waals surface area contributed by atoms with Crippen molar-refractivity contribution in [3.05, 3.63) is 154 Å². The molecule has 0 aromatic heterocycles. The summed E-state index contributed by atoms with van der Waals surface area (Å²) in [7, 11) is 0. The summed E-state index contributed by atoms with van der Waals surface area (Å²) in [5.41, 5.74) is 13.3. The molecule has 0 heterocycles. The van der Waals surface area contributed by atoms with Gasteiger partial charge in [0.25, 0.3) is 0 Å². The van der Waals surface area contributed by atoms with Gasteiger partial charge >= 0.3 is 0 Å². The zero-order valence-corrected chi connectivity index (χ0v) is 30.1. The Kier molecular flexibility index (Phi) is 13.5. The largest absolute Gasteiger partial charge is 0.0953 e. The fourth-order valence-corrected chi connectivity index (χ4v) is 6.57. The summed E-state index contributed by atoms with van der Waals surface area (Å²) in [4.78, 5) is 0. The third-order valence-electron chi connectivity index (χ3n) is 9.34. The third-order valence-corrected chi connectivity index (χ3v) is 9.34. The molecule has 2 aliphatic carbocycles. The topological polar surface area (TPSA) is 0 Å². The van der Waals surface area contributed by atoms with E-state index in [2.05, 4.69) is 181 Å². The molecular weight excluding hydrogens is 528 g/mol. The van der Waals surface area contributed by atoms with Crippen LogP contribution in [0.25, 0.3) is 0 Å². The maximum atomic E-state index is 4.33. The quantitative estimate of drug-likeness (QED) is 0.223. The Bertz CT molecular complexity index is 1320. The molecule has 0 spiro atoms. The van der Waals surface area contributed by atoms with Gasteiger partial charge in [-0.25, -0.2) is 0 Å². The first-order chi connectivity index (χ1) is 20.5. The lowest BCUT2D eigenvalue weighted by Gasteiger charge is -2.38. The summed E-state index contributed by atoms with van der Waals surface area (Å²) < 4.78 is 0. The molecule has 0 aliphatic heterocycles. The van der Waals surface area contributed by atoms with Crippen molar-refractivity contribution in [3.8, 4) is 0 Å². The molecule has 0 radical (unpaired) electrons. The molecule has 0 nitrogen and oxygen atoms in total. The van der Waals surface area contributed by atoms with Crippen LogP contribution >= 0.6 is 0 Å². The number of rotatable bonds is 10. The Hall–Kier alpha value is -3.38. The van der Waals surface area contributed by atoms with Crippen molar-refractivity contribution in [1.29, 1.82) is 0 Å². The minimum atomic E-state index is 0.178. The van der Waals surface area contributed by atoms with Gasteiger partial charge in [-0.3, -0.25) is 0 Å². The highest BCUT2D eigenvalue weighted by molar-refractivity contribution is 5.47. The standard InChI is InChI=1S/C44H60/c1-31(21-17-23-33(3)25-27-41-39(9)37(7)35(5)29-43(41,11)12)19-15-16-20-32(2)22-18-24-34(4)26-28-42-40(10)38(8)36(6)30-44(42,13)14/h15-28,35-36H,7-8,29-30H2,1-6,9-14H3/b16-15+,21-17+,22-18+,27-25+,28-26+,31-19+,32-20+,33-23+,34-24+. The Labute approximate surface area is 271 Å². The van der Waals surface area contributed by atoms with E-state index < -0.39 is 0 Å². The Morgan fingerprint density at radius 2 is 0.841 bits per heavy atom. The van der Waals surface area contributed by atoms with E-state index in [0.717, 1.165) is 12.8 Å². The highest BCUT2D eigenvalue weighted by Crippen LogP contribution is 2.46. The van der Waals surface area contributed by atoms with Crippen LogP contribution in [-0.2, 0) is 0 Å². The van der Waals surface area contributed by atoms with Crippen molar-refractivity contribution in [2.24, 2.45) is 22.7 Å². The maximum absolute atomic E-state index is 4.33. The summed E-state index contributed by atoms with van der Waals surface area (Å²) in [5, 5.41) is 0. The second-order valence-corrected chi connectivity index (χ2v) is 14.5. The van der Waals surface area contributed by atoms with E-state index in [9.17, 15) is 0 Å². The molecule has 44 heavy (non-hydrogen) atoms. The fourth-order valence-electron chi connectivity index (χ4n) is 6.57.